The van der Waals surface area contributed by atoms with Crippen LogP contribution in [0.15, 0.2) is 30.3 Å². The Morgan fingerprint density at radius 1 is 1.00 bits per heavy atom. The average Bonchev–Trinajstić information content (AvgIpc) is 2.87. The lowest BCUT2D eigenvalue weighted by Crippen LogP contribution is -2.46. The van der Waals surface area contributed by atoms with Crippen molar-refractivity contribution in [2.45, 2.75) is 6.92 Å². The number of hydrogen-bond donors (Lipinski definition) is 0. The molecule has 0 spiro atoms. The van der Waals surface area contributed by atoms with Gasteiger partial charge in [0.1, 0.15) is 5.82 Å². The van der Waals surface area contributed by atoms with Gasteiger partial charge in [-0.3, -0.25) is 0 Å². The minimum absolute atomic E-state index is 0.875. The van der Waals surface area contributed by atoms with Crippen LogP contribution >= 0.6 is 11.5 Å². The van der Waals surface area contributed by atoms with Crippen molar-refractivity contribution in [1.82, 2.24) is 9.36 Å². The Bertz CT molecular complexity index is 503. The van der Waals surface area contributed by atoms with Crippen LogP contribution in [-0.2, 0) is 0 Å². The van der Waals surface area contributed by atoms with Gasteiger partial charge in [-0.2, -0.15) is 4.37 Å². The molecule has 0 atom stereocenters. The first-order valence-corrected chi connectivity index (χ1v) is 6.95. The minimum Gasteiger partial charge on any atom is -0.368 e. The molecule has 0 N–H and O–H groups in total. The lowest BCUT2D eigenvalue weighted by atomic mass is 10.2. The Morgan fingerprint density at radius 2 is 1.67 bits per heavy atom. The summed E-state index contributed by atoms with van der Waals surface area (Å²) in [7, 11) is 0. The first-order chi connectivity index (χ1) is 8.83. The largest absolute Gasteiger partial charge is 0.368 e. The van der Waals surface area contributed by atoms with Gasteiger partial charge in [-0.05, 0) is 19.1 Å². The van der Waals surface area contributed by atoms with E-state index in [0.717, 1.165) is 37.1 Å². The number of nitrogens with zero attached hydrogens (tertiary/aromatic N) is 4. The second-order valence-electron chi connectivity index (χ2n) is 4.43. The van der Waals surface area contributed by atoms with Gasteiger partial charge in [0.15, 0.2) is 0 Å². The van der Waals surface area contributed by atoms with Crippen molar-refractivity contribution in [3.63, 3.8) is 0 Å². The summed E-state index contributed by atoms with van der Waals surface area (Å²) in [4.78, 5) is 9.19. The Kier molecular flexibility index (Phi) is 3.15. The van der Waals surface area contributed by atoms with E-state index in [0.29, 0.717) is 0 Å². The van der Waals surface area contributed by atoms with Crippen LogP contribution in [0.1, 0.15) is 5.82 Å². The van der Waals surface area contributed by atoms with E-state index in [-0.39, 0.29) is 0 Å². The summed E-state index contributed by atoms with van der Waals surface area (Å²) in [6.07, 6.45) is 0. The number of hydrogen-bond acceptors (Lipinski definition) is 5. The SMILES string of the molecule is Cc1nsc(N2CCN(c3ccccc3)CC2)n1. The lowest BCUT2D eigenvalue weighted by molar-refractivity contribution is 0.651. The molecule has 5 heteroatoms. The van der Waals surface area contributed by atoms with Gasteiger partial charge in [-0.15, -0.1) is 0 Å². The minimum atomic E-state index is 0.875. The number of anilines is 2. The fraction of sp³-hybridized carbons (Fsp3) is 0.385. The van der Waals surface area contributed by atoms with E-state index in [2.05, 4.69) is 49.5 Å². The maximum atomic E-state index is 4.45. The fourth-order valence-corrected chi connectivity index (χ4v) is 2.93. The molecule has 0 amide bonds. The summed E-state index contributed by atoms with van der Waals surface area (Å²) in [5.41, 5.74) is 1.31. The summed E-state index contributed by atoms with van der Waals surface area (Å²) in [5.74, 6) is 0.875. The molecule has 3 rings (SSSR count). The highest BCUT2D eigenvalue weighted by atomic mass is 32.1. The van der Waals surface area contributed by atoms with Gasteiger partial charge in [-0.1, -0.05) is 18.2 Å². The standard InChI is InChI=1S/C13H16N4S/c1-11-14-13(18-15-11)17-9-7-16(8-10-17)12-5-3-2-4-6-12/h2-6H,7-10H2,1H3. The van der Waals surface area contributed by atoms with Crippen molar-refractivity contribution in [1.29, 1.82) is 0 Å². The molecular formula is C13H16N4S. The molecule has 94 valence electrons. The quantitative estimate of drug-likeness (QED) is 0.828. The second kappa shape index (κ2) is 4.94. The third kappa shape index (κ3) is 2.31. The highest BCUT2D eigenvalue weighted by Gasteiger charge is 2.19. The van der Waals surface area contributed by atoms with Crippen LogP contribution in [-0.4, -0.2) is 35.5 Å². The smallest absolute Gasteiger partial charge is 0.205 e. The first kappa shape index (κ1) is 11.5. The molecule has 0 unspecified atom stereocenters. The van der Waals surface area contributed by atoms with Crippen LogP contribution in [0, 0.1) is 6.92 Å². The summed E-state index contributed by atoms with van der Waals surface area (Å²) in [5, 5.41) is 1.06. The summed E-state index contributed by atoms with van der Waals surface area (Å²) >= 11 is 1.50. The molecule has 18 heavy (non-hydrogen) atoms. The van der Waals surface area contributed by atoms with Crippen LogP contribution < -0.4 is 9.80 Å². The van der Waals surface area contributed by atoms with Crippen LogP contribution in [0.3, 0.4) is 0 Å². The number of benzene rings is 1. The van der Waals surface area contributed by atoms with Crippen LogP contribution in [0.2, 0.25) is 0 Å². The van der Waals surface area contributed by atoms with Gasteiger partial charge in [0.2, 0.25) is 5.13 Å². The fourth-order valence-electron chi connectivity index (χ4n) is 2.21. The van der Waals surface area contributed by atoms with Crippen molar-refractivity contribution in [2.24, 2.45) is 0 Å². The Hall–Kier alpha value is -1.62. The Balaban J connectivity index is 1.65. The lowest BCUT2D eigenvalue weighted by Gasteiger charge is -2.35. The van der Waals surface area contributed by atoms with E-state index >= 15 is 0 Å². The van der Waals surface area contributed by atoms with Crippen molar-refractivity contribution in [3.05, 3.63) is 36.2 Å². The zero-order valence-electron chi connectivity index (χ0n) is 10.4. The number of rotatable bonds is 2. The Labute approximate surface area is 111 Å². The number of piperazine rings is 1. The summed E-state index contributed by atoms with van der Waals surface area (Å²) < 4.78 is 4.24. The third-order valence-corrected chi connectivity index (χ3v) is 4.06. The van der Waals surface area contributed by atoms with Gasteiger partial charge >= 0.3 is 0 Å². The highest BCUT2D eigenvalue weighted by molar-refractivity contribution is 7.09. The van der Waals surface area contributed by atoms with Gasteiger partial charge in [-0.25, -0.2) is 4.98 Å². The van der Waals surface area contributed by atoms with E-state index in [1.54, 1.807) is 0 Å². The van der Waals surface area contributed by atoms with Gasteiger partial charge in [0.25, 0.3) is 0 Å². The normalized spacial score (nSPS) is 16.1. The average molecular weight is 260 g/mol. The molecule has 0 saturated carbocycles. The van der Waals surface area contributed by atoms with Crippen molar-refractivity contribution in [2.75, 3.05) is 36.0 Å². The predicted molar refractivity (Wildman–Crippen MR) is 75.5 cm³/mol. The van der Waals surface area contributed by atoms with Crippen molar-refractivity contribution >= 4 is 22.4 Å². The van der Waals surface area contributed by atoms with Gasteiger partial charge < -0.3 is 9.80 Å². The van der Waals surface area contributed by atoms with E-state index in [1.807, 2.05) is 6.92 Å². The van der Waals surface area contributed by atoms with E-state index in [4.69, 9.17) is 0 Å². The maximum absolute atomic E-state index is 4.45. The third-order valence-electron chi connectivity index (χ3n) is 3.19. The molecule has 1 aliphatic rings. The molecular weight excluding hydrogens is 244 g/mol. The van der Waals surface area contributed by atoms with Crippen molar-refractivity contribution < 1.29 is 0 Å². The van der Waals surface area contributed by atoms with Crippen LogP contribution in [0.5, 0.6) is 0 Å². The maximum Gasteiger partial charge on any atom is 0.205 e. The van der Waals surface area contributed by atoms with Gasteiger partial charge in [0.05, 0.1) is 0 Å². The topological polar surface area (TPSA) is 32.3 Å². The molecule has 4 nitrogen and oxygen atoms in total. The number of aryl methyl sites for hydroxylation is 1. The first-order valence-electron chi connectivity index (χ1n) is 6.18. The van der Waals surface area contributed by atoms with Crippen LogP contribution in [0.25, 0.3) is 0 Å². The molecule has 1 saturated heterocycles. The number of para-hydroxylation sites is 1. The summed E-state index contributed by atoms with van der Waals surface area (Å²) in [6.45, 7) is 6.07. The zero-order chi connectivity index (χ0) is 12.4. The molecule has 1 aliphatic heterocycles. The summed E-state index contributed by atoms with van der Waals surface area (Å²) in [6, 6.07) is 10.6. The van der Waals surface area contributed by atoms with E-state index in [9.17, 15) is 0 Å². The molecule has 0 bridgehead atoms. The zero-order valence-corrected chi connectivity index (χ0v) is 11.2. The van der Waals surface area contributed by atoms with Crippen LogP contribution in [0.4, 0.5) is 10.8 Å². The van der Waals surface area contributed by atoms with Gasteiger partial charge in [0, 0.05) is 43.4 Å². The molecule has 0 aliphatic carbocycles. The molecule has 1 fully saturated rings. The molecule has 1 aromatic carbocycles. The Morgan fingerprint density at radius 3 is 2.28 bits per heavy atom. The molecule has 2 aromatic rings. The number of aromatic nitrogens is 2. The highest BCUT2D eigenvalue weighted by Crippen LogP contribution is 2.21. The predicted octanol–water partition coefficient (Wildman–Crippen LogP) is 2.17. The second-order valence-corrected chi connectivity index (χ2v) is 5.16. The van der Waals surface area contributed by atoms with E-state index < -0.39 is 0 Å². The van der Waals surface area contributed by atoms with Crippen molar-refractivity contribution in [3.8, 4) is 0 Å². The van der Waals surface area contributed by atoms with E-state index in [1.165, 1.54) is 17.2 Å². The monoisotopic (exact) mass is 260 g/mol. The molecule has 0 radical (unpaired) electrons. The molecule has 1 aromatic heterocycles. The molecule has 2 heterocycles.